The molecule has 1 heterocycles. The molecule has 2 rings (SSSR count). The Bertz CT molecular complexity index is 695. The summed E-state index contributed by atoms with van der Waals surface area (Å²) in [4.78, 5) is -0.0784. The van der Waals surface area contributed by atoms with Gasteiger partial charge >= 0.3 is 0 Å². The van der Waals surface area contributed by atoms with Crippen molar-refractivity contribution in [1.82, 2.24) is 4.31 Å². The fourth-order valence-electron chi connectivity index (χ4n) is 2.48. The normalized spacial score (nSPS) is 22.7. The first kappa shape index (κ1) is 15.9. The van der Waals surface area contributed by atoms with Gasteiger partial charge in [0, 0.05) is 13.1 Å². The molecule has 5 nitrogen and oxygen atoms in total. The van der Waals surface area contributed by atoms with Crippen molar-refractivity contribution in [2.24, 2.45) is 0 Å². The highest BCUT2D eigenvalue weighted by Crippen LogP contribution is 2.27. The Hall–Kier alpha value is -1.49. The van der Waals surface area contributed by atoms with E-state index in [9.17, 15) is 12.8 Å². The Morgan fingerprint density at radius 1 is 1.48 bits per heavy atom. The molecule has 0 saturated carbocycles. The molecule has 1 aliphatic heterocycles. The molecule has 1 aromatic rings. The van der Waals surface area contributed by atoms with E-state index in [-0.39, 0.29) is 29.7 Å². The Labute approximate surface area is 124 Å². The number of nitriles is 1. The van der Waals surface area contributed by atoms with E-state index >= 15 is 0 Å². The molecular formula is C14H17FN2O3S. The van der Waals surface area contributed by atoms with Crippen molar-refractivity contribution in [2.75, 3.05) is 13.1 Å². The Kier molecular flexibility index (Phi) is 4.06. The van der Waals surface area contributed by atoms with Gasteiger partial charge in [-0.05, 0) is 39.0 Å². The van der Waals surface area contributed by atoms with Crippen LogP contribution in [0.5, 0.6) is 0 Å². The minimum absolute atomic E-state index is 0.0784. The van der Waals surface area contributed by atoms with Crippen LogP contribution in [0.25, 0.3) is 0 Å². The average Bonchev–Trinajstić information content (AvgIpc) is 2.36. The van der Waals surface area contributed by atoms with Gasteiger partial charge < -0.3 is 4.74 Å². The lowest BCUT2D eigenvalue weighted by molar-refractivity contribution is -0.109. The van der Waals surface area contributed by atoms with Crippen LogP contribution in [0.1, 0.15) is 26.3 Å². The van der Waals surface area contributed by atoms with E-state index in [2.05, 4.69) is 0 Å². The van der Waals surface area contributed by atoms with E-state index in [4.69, 9.17) is 10.00 Å². The summed E-state index contributed by atoms with van der Waals surface area (Å²) in [6, 6.07) is 4.90. The Morgan fingerprint density at radius 2 is 2.14 bits per heavy atom. The van der Waals surface area contributed by atoms with E-state index in [1.807, 2.05) is 13.8 Å². The van der Waals surface area contributed by atoms with E-state index in [1.54, 1.807) is 13.0 Å². The average molecular weight is 312 g/mol. The molecule has 21 heavy (non-hydrogen) atoms. The molecule has 0 spiro atoms. The molecule has 0 amide bonds. The molecule has 0 radical (unpaired) electrons. The van der Waals surface area contributed by atoms with Crippen molar-refractivity contribution in [1.29, 1.82) is 5.26 Å². The number of nitrogens with zero attached hydrogens (tertiary/aromatic N) is 2. The highest BCUT2D eigenvalue weighted by Gasteiger charge is 2.38. The molecule has 1 atom stereocenters. The third-order valence-corrected chi connectivity index (χ3v) is 5.04. The van der Waals surface area contributed by atoms with Crippen molar-refractivity contribution in [3.05, 3.63) is 29.6 Å². The van der Waals surface area contributed by atoms with Crippen LogP contribution < -0.4 is 0 Å². The summed E-state index contributed by atoms with van der Waals surface area (Å²) in [5.41, 5.74) is -0.875. The third-order valence-electron chi connectivity index (χ3n) is 3.23. The lowest BCUT2D eigenvalue weighted by Crippen LogP contribution is -2.53. The summed E-state index contributed by atoms with van der Waals surface area (Å²) in [5.74, 6) is -0.730. The third kappa shape index (κ3) is 3.23. The first-order valence-corrected chi connectivity index (χ1v) is 7.97. The number of rotatable bonds is 2. The van der Waals surface area contributed by atoms with Gasteiger partial charge in [-0.1, -0.05) is 0 Å². The maximum atomic E-state index is 13.3. The van der Waals surface area contributed by atoms with Gasteiger partial charge in [0.25, 0.3) is 0 Å². The molecule has 0 N–H and O–H groups in total. The quantitative estimate of drug-likeness (QED) is 0.836. The van der Waals surface area contributed by atoms with Gasteiger partial charge in [-0.15, -0.1) is 0 Å². The van der Waals surface area contributed by atoms with Crippen LogP contribution in [0.4, 0.5) is 4.39 Å². The second-order valence-corrected chi connectivity index (χ2v) is 7.68. The van der Waals surface area contributed by atoms with Gasteiger partial charge in [0.15, 0.2) is 0 Å². The number of morpholine rings is 1. The smallest absolute Gasteiger partial charge is 0.243 e. The van der Waals surface area contributed by atoms with Crippen LogP contribution in [0, 0.1) is 17.1 Å². The van der Waals surface area contributed by atoms with Crippen LogP contribution in [0.3, 0.4) is 0 Å². The van der Waals surface area contributed by atoms with Gasteiger partial charge in [-0.3, -0.25) is 0 Å². The SMILES string of the molecule is CC1CN(S(=O)(=O)c2ccc(F)c(C#N)c2)CC(C)(C)O1. The van der Waals surface area contributed by atoms with Gasteiger partial charge in [0.05, 0.1) is 22.2 Å². The van der Waals surface area contributed by atoms with E-state index in [1.165, 1.54) is 10.4 Å². The zero-order chi connectivity index (χ0) is 15.8. The largest absolute Gasteiger partial charge is 0.370 e. The lowest BCUT2D eigenvalue weighted by atomic mass is 10.1. The molecule has 1 aliphatic rings. The predicted octanol–water partition coefficient (Wildman–Crippen LogP) is 1.89. The zero-order valence-corrected chi connectivity index (χ0v) is 12.9. The van der Waals surface area contributed by atoms with E-state index < -0.39 is 21.4 Å². The first-order valence-electron chi connectivity index (χ1n) is 6.53. The summed E-state index contributed by atoms with van der Waals surface area (Å²) in [7, 11) is -3.78. The van der Waals surface area contributed by atoms with Crippen LogP contribution >= 0.6 is 0 Å². The van der Waals surface area contributed by atoms with Crippen molar-refractivity contribution in [3.8, 4) is 6.07 Å². The molecule has 1 aromatic carbocycles. The number of ether oxygens (including phenoxy) is 1. The van der Waals surface area contributed by atoms with Gasteiger partial charge in [0.2, 0.25) is 10.0 Å². The predicted molar refractivity (Wildman–Crippen MR) is 74.5 cm³/mol. The highest BCUT2D eigenvalue weighted by molar-refractivity contribution is 7.89. The fourth-order valence-corrected chi connectivity index (χ4v) is 4.17. The molecule has 114 valence electrons. The standard InChI is InChI=1S/C14H17FN2O3S/c1-10-8-17(9-14(2,3)20-10)21(18,19)12-4-5-13(15)11(6-12)7-16/h4-6,10H,8-9H2,1-3H3. The highest BCUT2D eigenvalue weighted by atomic mass is 32.2. The monoisotopic (exact) mass is 312 g/mol. The Morgan fingerprint density at radius 3 is 2.71 bits per heavy atom. The molecule has 0 aliphatic carbocycles. The lowest BCUT2D eigenvalue weighted by Gasteiger charge is -2.40. The summed E-state index contributed by atoms with van der Waals surface area (Å²) in [6.45, 7) is 5.87. The topological polar surface area (TPSA) is 70.4 Å². The maximum Gasteiger partial charge on any atom is 0.243 e. The van der Waals surface area contributed by atoms with Crippen molar-refractivity contribution < 1.29 is 17.5 Å². The molecule has 1 fully saturated rings. The van der Waals surface area contributed by atoms with Gasteiger partial charge in [0.1, 0.15) is 11.9 Å². The number of hydrogen-bond acceptors (Lipinski definition) is 4. The van der Waals surface area contributed by atoms with Crippen molar-refractivity contribution in [2.45, 2.75) is 37.4 Å². The number of hydrogen-bond donors (Lipinski definition) is 0. The van der Waals surface area contributed by atoms with Gasteiger partial charge in [-0.2, -0.15) is 9.57 Å². The molecule has 1 saturated heterocycles. The fraction of sp³-hybridized carbons (Fsp3) is 0.500. The van der Waals surface area contributed by atoms with Crippen LogP contribution in [0.15, 0.2) is 23.1 Å². The number of sulfonamides is 1. The minimum atomic E-state index is -3.78. The number of benzene rings is 1. The number of halogens is 1. The zero-order valence-electron chi connectivity index (χ0n) is 12.1. The second kappa shape index (κ2) is 5.37. The molecule has 0 bridgehead atoms. The summed E-state index contributed by atoms with van der Waals surface area (Å²) in [5, 5.41) is 8.83. The first-order chi connectivity index (χ1) is 9.65. The van der Waals surface area contributed by atoms with Crippen LogP contribution in [-0.4, -0.2) is 37.5 Å². The van der Waals surface area contributed by atoms with Crippen molar-refractivity contribution >= 4 is 10.0 Å². The summed E-state index contributed by atoms with van der Waals surface area (Å²) < 4.78 is 45.6. The van der Waals surface area contributed by atoms with Crippen LogP contribution in [0.2, 0.25) is 0 Å². The molecular weight excluding hydrogens is 295 g/mol. The van der Waals surface area contributed by atoms with Crippen molar-refractivity contribution in [3.63, 3.8) is 0 Å². The van der Waals surface area contributed by atoms with Gasteiger partial charge in [-0.25, -0.2) is 12.8 Å². The summed E-state index contributed by atoms with van der Waals surface area (Å²) in [6.07, 6.45) is -0.237. The minimum Gasteiger partial charge on any atom is -0.370 e. The molecule has 1 unspecified atom stereocenters. The summed E-state index contributed by atoms with van der Waals surface area (Å²) >= 11 is 0. The Balaban J connectivity index is 2.40. The van der Waals surface area contributed by atoms with E-state index in [0.29, 0.717) is 0 Å². The maximum absolute atomic E-state index is 13.3. The van der Waals surface area contributed by atoms with E-state index in [0.717, 1.165) is 12.1 Å². The molecule has 7 heteroatoms. The molecule has 0 aromatic heterocycles. The second-order valence-electron chi connectivity index (χ2n) is 5.74. The van der Waals surface area contributed by atoms with Crippen LogP contribution in [-0.2, 0) is 14.8 Å².